The molecule has 0 saturated heterocycles. The molecule has 110 valence electrons. The number of hydrogen-bond donors (Lipinski definition) is 0. The molecule has 0 unspecified atom stereocenters. The van der Waals surface area contributed by atoms with Gasteiger partial charge in [-0.2, -0.15) is 0 Å². The predicted octanol–water partition coefficient (Wildman–Crippen LogP) is 5.22. The van der Waals surface area contributed by atoms with Crippen LogP contribution in [-0.4, -0.2) is 18.2 Å². The van der Waals surface area contributed by atoms with Crippen molar-refractivity contribution in [1.29, 1.82) is 0 Å². The Bertz CT molecular complexity index is 447. The fourth-order valence-electron chi connectivity index (χ4n) is 2.59. The third-order valence-corrected chi connectivity index (χ3v) is 6.58. The standard InChI is InChI=1S/C18H29.BrH.Mg/c1-16(2,3)13-10-14(17(4,5)6)12-15(11-13)18(7,8)9;;/h10-11H,1-9H3;1H;/q;;+1/p-1. The van der Waals surface area contributed by atoms with Crippen LogP contribution < -0.4 is 3.69 Å². The molecule has 2 heteroatoms. The minimum absolute atomic E-state index is 0.201. The maximum Gasteiger partial charge on any atom is 0.507 e. The van der Waals surface area contributed by atoms with Gasteiger partial charge in [-0.15, -0.1) is 3.69 Å². The molecule has 0 aliphatic rings. The Balaban J connectivity index is 3.75. The van der Waals surface area contributed by atoms with Crippen molar-refractivity contribution in [3.8, 4) is 0 Å². The average Bonchev–Trinajstić information content (AvgIpc) is 2.23. The van der Waals surface area contributed by atoms with Crippen molar-refractivity contribution in [2.24, 2.45) is 0 Å². The molecule has 20 heavy (non-hydrogen) atoms. The smallest absolute Gasteiger partial charge is 0.296 e. The van der Waals surface area contributed by atoms with E-state index in [0.29, 0.717) is 0 Å². The van der Waals surface area contributed by atoms with Gasteiger partial charge in [0.25, 0.3) is 0 Å². The van der Waals surface area contributed by atoms with Crippen LogP contribution in [0.15, 0.2) is 12.1 Å². The maximum atomic E-state index is 3.86. The number of halogens is 1. The first kappa shape index (κ1) is 18.5. The van der Waals surface area contributed by atoms with E-state index in [4.69, 9.17) is 0 Å². The summed E-state index contributed by atoms with van der Waals surface area (Å²) < 4.78 is 1.61. The Kier molecular flexibility index (Phi) is 5.49. The van der Waals surface area contributed by atoms with Crippen molar-refractivity contribution >= 4 is 34.8 Å². The summed E-state index contributed by atoms with van der Waals surface area (Å²) in [6.45, 7) is 20.9. The largest absolute Gasteiger partial charge is 0.507 e. The number of hydrogen-bond acceptors (Lipinski definition) is 0. The second kappa shape index (κ2) is 5.93. The summed E-state index contributed by atoms with van der Waals surface area (Å²) in [7, 11) is 0. The Morgan fingerprint density at radius 2 is 1.05 bits per heavy atom. The summed E-state index contributed by atoms with van der Waals surface area (Å²) in [4.78, 5) is 0. The van der Waals surface area contributed by atoms with Crippen LogP contribution in [0.2, 0.25) is 0 Å². The molecule has 1 rings (SSSR count). The molecule has 0 radical (unpaired) electrons. The van der Waals surface area contributed by atoms with E-state index in [1.807, 2.05) is 0 Å². The van der Waals surface area contributed by atoms with Crippen LogP contribution in [0.1, 0.15) is 79.0 Å². The fourth-order valence-corrected chi connectivity index (χ4v) is 5.95. The van der Waals surface area contributed by atoms with Gasteiger partial charge in [0, 0.05) is 0 Å². The highest BCUT2D eigenvalue weighted by Gasteiger charge is 2.28. The molecular formula is C18H29BrMg. The zero-order valence-electron chi connectivity index (χ0n) is 14.7. The van der Waals surface area contributed by atoms with E-state index in [1.54, 1.807) is 14.8 Å². The second-order valence-corrected chi connectivity index (χ2v) is 11.6. The zero-order valence-corrected chi connectivity index (χ0v) is 17.7. The van der Waals surface area contributed by atoms with Gasteiger partial charge in [0.2, 0.25) is 0 Å². The SMILES string of the molecule is CC(C)(C)c1cc(C(C)(C)C)[c]([Mg][Br])c(C(C)(C)C)c1. The van der Waals surface area contributed by atoms with Crippen LogP contribution in [0.4, 0.5) is 0 Å². The second-order valence-electron chi connectivity index (χ2n) is 8.93. The van der Waals surface area contributed by atoms with Crippen molar-refractivity contribution in [2.75, 3.05) is 0 Å². The van der Waals surface area contributed by atoms with Crippen molar-refractivity contribution in [3.05, 3.63) is 28.8 Å². The van der Waals surface area contributed by atoms with E-state index >= 15 is 0 Å². The van der Waals surface area contributed by atoms with E-state index < -0.39 is 0 Å². The Hall–Kier alpha value is 0.466. The van der Waals surface area contributed by atoms with Crippen LogP contribution in [0.25, 0.3) is 0 Å². The summed E-state index contributed by atoms with van der Waals surface area (Å²) in [5, 5.41) is 0. The van der Waals surface area contributed by atoms with Crippen LogP contribution in [0, 0.1) is 0 Å². The molecule has 0 saturated carbocycles. The van der Waals surface area contributed by atoms with E-state index in [9.17, 15) is 0 Å². The molecule has 0 bridgehead atoms. The molecule has 1 aromatic rings. The average molecular weight is 350 g/mol. The monoisotopic (exact) mass is 348 g/mol. The first-order valence-electron chi connectivity index (χ1n) is 7.53. The van der Waals surface area contributed by atoms with Gasteiger partial charge in [-0.05, 0) is 21.8 Å². The Morgan fingerprint density at radius 1 is 0.700 bits per heavy atom. The molecule has 0 amide bonds. The lowest BCUT2D eigenvalue weighted by Gasteiger charge is -2.34. The van der Waals surface area contributed by atoms with Crippen molar-refractivity contribution < 1.29 is 0 Å². The highest BCUT2D eigenvalue weighted by Crippen LogP contribution is 2.33. The summed E-state index contributed by atoms with van der Waals surface area (Å²) in [5.41, 5.74) is 5.16. The van der Waals surface area contributed by atoms with Gasteiger partial charge < -0.3 is 0 Å². The Morgan fingerprint density at radius 3 is 1.25 bits per heavy atom. The minimum Gasteiger partial charge on any atom is -0.296 e. The molecular weight excluding hydrogens is 320 g/mol. The van der Waals surface area contributed by atoms with E-state index in [0.717, 1.165) is 0 Å². The van der Waals surface area contributed by atoms with Crippen LogP contribution in [-0.2, 0) is 16.2 Å². The zero-order chi connectivity index (χ0) is 15.9. The molecule has 0 aliphatic carbocycles. The highest BCUT2D eigenvalue weighted by molar-refractivity contribution is 9.23. The summed E-state index contributed by atoms with van der Waals surface area (Å²) in [6.07, 6.45) is 0. The van der Waals surface area contributed by atoms with Gasteiger partial charge in [0.05, 0.1) is 0 Å². The topological polar surface area (TPSA) is 0 Å². The molecule has 1 aromatic carbocycles. The Labute approximate surface area is 141 Å². The molecule has 0 atom stereocenters. The molecule has 0 spiro atoms. The quantitative estimate of drug-likeness (QED) is 0.610. The number of benzene rings is 1. The minimum atomic E-state index is -0.373. The first-order chi connectivity index (χ1) is 8.78. The van der Waals surface area contributed by atoms with Gasteiger partial charge in [-0.3, -0.25) is 12.9 Å². The third-order valence-electron chi connectivity index (χ3n) is 3.87. The molecule has 0 aromatic heterocycles. The predicted molar refractivity (Wildman–Crippen MR) is 96.9 cm³/mol. The molecule has 0 aliphatic heterocycles. The van der Waals surface area contributed by atoms with Crippen molar-refractivity contribution in [1.82, 2.24) is 0 Å². The van der Waals surface area contributed by atoms with Crippen LogP contribution >= 0.6 is 12.9 Å². The van der Waals surface area contributed by atoms with Crippen molar-refractivity contribution in [2.45, 2.75) is 78.6 Å². The molecule has 0 nitrogen and oxygen atoms in total. The molecule has 0 fully saturated rings. The lowest BCUT2D eigenvalue weighted by molar-refractivity contribution is 0.553. The van der Waals surface area contributed by atoms with Gasteiger partial charge in [0.15, 0.2) is 0 Å². The summed E-state index contributed by atoms with van der Waals surface area (Å²) in [5.74, 6) is 0. The maximum absolute atomic E-state index is 3.86. The fraction of sp³-hybridized carbons (Fsp3) is 0.667. The third kappa shape index (κ3) is 4.24. The molecule has 0 N–H and O–H groups in total. The van der Waals surface area contributed by atoms with E-state index in [1.165, 1.54) is 5.56 Å². The first-order valence-corrected chi connectivity index (χ1v) is 12.1. The van der Waals surface area contributed by atoms with Gasteiger partial charge in [-0.1, -0.05) is 85.6 Å². The summed E-state index contributed by atoms with van der Waals surface area (Å²) in [6, 6.07) is 4.91. The van der Waals surface area contributed by atoms with Gasteiger partial charge in [0.1, 0.15) is 0 Å². The van der Waals surface area contributed by atoms with Crippen molar-refractivity contribution in [3.63, 3.8) is 0 Å². The van der Waals surface area contributed by atoms with Crippen LogP contribution in [0.5, 0.6) is 0 Å². The lowest BCUT2D eigenvalue weighted by atomic mass is 9.75. The van der Waals surface area contributed by atoms with E-state index in [2.05, 4.69) is 87.3 Å². The molecule has 0 heterocycles. The summed E-state index contributed by atoms with van der Waals surface area (Å²) >= 11 is 3.48. The van der Waals surface area contributed by atoms with Gasteiger partial charge in [-0.25, -0.2) is 0 Å². The number of rotatable bonds is 1. The normalized spacial score (nSPS) is 13.3. The lowest BCUT2D eigenvalue weighted by Crippen LogP contribution is -2.34. The van der Waals surface area contributed by atoms with Crippen LogP contribution in [0.3, 0.4) is 0 Å². The highest BCUT2D eigenvalue weighted by atomic mass is 79.9. The van der Waals surface area contributed by atoms with E-state index in [-0.39, 0.29) is 34.4 Å². The van der Waals surface area contributed by atoms with Gasteiger partial charge >= 0.3 is 18.2 Å².